The molecule has 0 aliphatic carbocycles. The summed E-state index contributed by atoms with van der Waals surface area (Å²) in [6.45, 7) is 11.0. The van der Waals surface area contributed by atoms with Gasteiger partial charge in [-0.05, 0) is 6.07 Å². The molecule has 3 heteroatoms. The van der Waals surface area contributed by atoms with Crippen molar-refractivity contribution >= 4 is 0 Å². The maximum Gasteiger partial charge on any atom is 0.252 e. The van der Waals surface area contributed by atoms with E-state index in [4.69, 9.17) is 0 Å². The molecule has 16 heavy (non-hydrogen) atoms. The van der Waals surface area contributed by atoms with Gasteiger partial charge in [-0.2, -0.15) is 0 Å². The Kier molecular flexibility index (Phi) is 3.92. The molecule has 3 nitrogen and oxygen atoms in total. The van der Waals surface area contributed by atoms with Gasteiger partial charge in [-0.3, -0.25) is 4.79 Å². The first-order valence-electron chi connectivity index (χ1n) is 5.77. The Morgan fingerprint density at radius 1 is 1.31 bits per heavy atom. The minimum absolute atomic E-state index is 0.0107. The number of rotatable bonds is 3. The van der Waals surface area contributed by atoms with E-state index < -0.39 is 0 Å². The summed E-state index contributed by atoms with van der Waals surface area (Å²) in [6, 6.07) is 4.30. The average Bonchev–Trinajstić information content (AvgIpc) is 2.14. The van der Waals surface area contributed by atoms with Gasteiger partial charge in [-0.25, -0.2) is 0 Å². The topological polar surface area (TPSA) is 44.9 Å². The maximum absolute atomic E-state index is 11.8. The van der Waals surface area contributed by atoms with Crippen LogP contribution in [0.15, 0.2) is 16.9 Å². The van der Waals surface area contributed by atoms with Gasteiger partial charge in [0.2, 0.25) is 0 Å². The second-order valence-corrected chi connectivity index (χ2v) is 5.51. The van der Waals surface area contributed by atoms with E-state index >= 15 is 0 Å². The molecule has 0 aliphatic rings. The Labute approximate surface area is 97.3 Å². The fourth-order valence-corrected chi connectivity index (χ4v) is 1.39. The lowest BCUT2D eigenvalue weighted by Crippen LogP contribution is -2.28. The zero-order valence-electron chi connectivity index (χ0n) is 10.8. The van der Waals surface area contributed by atoms with E-state index in [9.17, 15) is 4.79 Å². The van der Waals surface area contributed by atoms with E-state index in [1.807, 2.05) is 12.1 Å². The maximum atomic E-state index is 11.8. The van der Waals surface area contributed by atoms with Gasteiger partial charge < -0.3 is 10.3 Å². The van der Waals surface area contributed by atoms with E-state index in [1.54, 1.807) is 0 Å². The molecule has 1 heterocycles. The van der Waals surface area contributed by atoms with Gasteiger partial charge in [0.25, 0.3) is 5.56 Å². The molecule has 0 unspecified atom stereocenters. The van der Waals surface area contributed by atoms with Crippen molar-refractivity contribution in [2.45, 2.75) is 52.6 Å². The first kappa shape index (κ1) is 13.0. The molecule has 0 fully saturated rings. The minimum Gasteiger partial charge on any atom is -0.325 e. The van der Waals surface area contributed by atoms with Crippen molar-refractivity contribution in [1.29, 1.82) is 0 Å². The van der Waals surface area contributed by atoms with Crippen molar-refractivity contribution in [2.75, 3.05) is 0 Å². The van der Waals surface area contributed by atoms with E-state index in [-0.39, 0.29) is 11.0 Å². The smallest absolute Gasteiger partial charge is 0.252 e. The van der Waals surface area contributed by atoms with Gasteiger partial charge in [0.1, 0.15) is 0 Å². The van der Waals surface area contributed by atoms with E-state index in [2.05, 4.69) is 44.9 Å². The van der Waals surface area contributed by atoms with Crippen LogP contribution in [0.1, 0.15) is 45.9 Å². The molecule has 1 aromatic rings. The van der Waals surface area contributed by atoms with Crippen molar-refractivity contribution in [2.24, 2.45) is 0 Å². The highest BCUT2D eigenvalue weighted by Gasteiger charge is 2.15. The van der Waals surface area contributed by atoms with Crippen LogP contribution in [-0.2, 0) is 12.0 Å². The predicted octanol–water partition coefficient (Wildman–Crippen LogP) is 2.17. The van der Waals surface area contributed by atoms with Crippen LogP contribution in [-0.4, -0.2) is 11.0 Å². The average molecular weight is 222 g/mol. The van der Waals surface area contributed by atoms with Crippen molar-refractivity contribution < 1.29 is 0 Å². The first-order valence-corrected chi connectivity index (χ1v) is 5.77. The van der Waals surface area contributed by atoms with Crippen LogP contribution in [0.4, 0.5) is 0 Å². The van der Waals surface area contributed by atoms with Crippen LogP contribution in [0.3, 0.4) is 0 Å². The fraction of sp³-hybridized carbons (Fsp3) is 0.615. The van der Waals surface area contributed by atoms with Gasteiger partial charge in [-0.15, -0.1) is 0 Å². The zero-order chi connectivity index (χ0) is 12.3. The molecule has 0 bridgehead atoms. The number of hydrogen-bond donors (Lipinski definition) is 2. The molecule has 0 saturated heterocycles. The largest absolute Gasteiger partial charge is 0.325 e. The molecule has 0 spiro atoms. The fourth-order valence-electron chi connectivity index (χ4n) is 1.39. The highest BCUT2D eigenvalue weighted by molar-refractivity contribution is 5.19. The standard InChI is InChI=1S/C13H22N2O/c1-9(2)14-8-10-6-7-11(13(3,4)5)15-12(10)16/h6-7,9,14H,8H2,1-5H3,(H,15,16). The molecular formula is C13H22N2O. The van der Waals surface area contributed by atoms with Gasteiger partial charge in [0.05, 0.1) is 0 Å². The Morgan fingerprint density at radius 3 is 2.38 bits per heavy atom. The van der Waals surface area contributed by atoms with Crippen LogP contribution in [0.25, 0.3) is 0 Å². The third-order valence-corrected chi connectivity index (χ3v) is 2.50. The van der Waals surface area contributed by atoms with Crippen molar-refractivity contribution in [3.63, 3.8) is 0 Å². The quantitative estimate of drug-likeness (QED) is 0.823. The van der Waals surface area contributed by atoms with Gasteiger partial charge in [0, 0.05) is 29.3 Å². The summed E-state index contributed by atoms with van der Waals surface area (Å²) in [5, 5.41) is 3.24. The predicted molar refractivity (Wildman–Crippen MR) is 67.7 cm³/mol. The number of nitrogens with one attached hydrogen (secondary N) is 2. The Hall–Kier alpha value is -1.09. The van der Waals surface area contributed by atoms with Crippen LogP contribution >= 0.6 is 0 Å². The van der Waals surface area contributed by atoms with Gasteiger partial charge in [-0.1, -0.05) is 40.7 Å². The molecule has 1 rings (SSSR count). The summed E-state index contributed by atoms with van der Waals surface area (Å²) in [6.07, 6.45) is 0. The molecular weight excluding hydrogens is 200 g/mol. The van der Waals surface area contributed by atoms with Crippen LogP contribution in [0, 0.1) is 0 Å². The number of pyridine rings is 1. The third-order valence-electron chi connectivity index (χ3n) is 2.50. The van der Waals surface area contributed by atoms with E-state index in [0.717, 1.165) is 11.3 Å². The summed E-state index contributed by atoms with van der Waals surface area (Å²) in [4.78, 5) is 14.7. The lowest BCUT2D eigenvalue weighted by molar-refractivity contribution is 0.560. The molecule has 0 amide bonds. The minimum atomic E-state index is -0.0107. The van der Waals surface area contributed by atoms with E-state index in [0.29, 0.717) is 12.6 Å². The Morgan fingerprint density at radius 2 is 1.94 bits per heavy atom. The molecule has 0 aliphatic heterocycles. The molecule has 2 N–H and O–H groups in total. The number of aromatic nitrogens is 1. The lowest BCUT2D eigenvalue weighted by atomic mass is 9.91. The third kappa shape index (κ3) is 3.49. The summed E-state index contributed by atoms with van der Waals surface area (Å²) in [5.74, 6) is 0. The molecule has 1 aromatic heterocycles. The highest BCUT2D eigenvalue weighted by Crippen LogP contribution is 2.18. The van der Waals surface area contributed by atoms with Gasteiger partial charge in [0.15, 0.2) is 0 Å². The lowest BCUT2D eigenvalue weighted by Gasteiger charge is -2.18. The molecule has 0 saturated carbocycles. The molecule has 0 radical (unpaired) electrons. The summed E-state index contributed by atoms with van der Waals surface area (Å²) in [5.41, 5.74) is 1.77. The van der Waals surface area contributed by atoms with Crippen LogP contribution in [0.2, 0.25) is 0 Å². The summed E-state index contributed by atoms with van der Waals surface area (Å²) in [7, 11) is 0. The summed E-state index contributed by atoms with van der Waals surface area (Å²) >= 11 is 0. The first-order chi connectivity index (χ1) is 7.30. The molecule has 0 atom stereocenters. The van der Waals surface area contributed by atoms with Crippen LogP contribution in [0.5, 0.6) is 0 Å². The van der Waals surface area contributed by atoms with Crippen molar-refractivity contribution in [3.8, 4) is 0 Å². The summed E-state index contributed by atoms with van der Waals surface area (Å²) < 4.78 is 0. The van der Waals surface area contributed by atoms with Crippen molar-refractivity contribution in [1.82, 2.24) is 10.3 Å². The monoisotopic (exact) mass is 222 g/mol. The number of H-pyrrole nitrogens is 1. The highest BCUT2D eigenvalue weighted by atomic mass is 16.1. The van der Waals surface area contributed by atoms with Crippen LogP contribution < -0.4 is 10.9 Å². The molecule has 0 aromatic carbocycles. The normalized spacial score (nSPS) is 12.1. The second kappa shape index (κ2) is 4.83. The zero-order valence-corrected chi connectivity index (χ0v) is 10.8. The molecule has 90 valence electrons. The van der Waals surface area contributed by atoms with Gasteiger partial charge >= 0.3 is 0 Å². The SMILES string of the molecule is CC(C)NCc1ccc(C(C)(C)C)[nH]c1=O. The number of hydrogen-bond acceptors (Lipinski definition) is 2. The van der Waals surface area contributed by atoms with E-state index in [1.165, 1.54) is 0 Å². The Bertz CT molecular complexity index is 399. The number of aromatic amines is 1. The Balaban J connectivity index is 2.88. The van der Waals surface area contributed by atoms with Crippen molar-refractivity contribution in [3.05, 3.63) is 33.7 Å². The second-order valence-electron chi connectivity index (χ2n) is 5.51.